The molecule has 4 fully saturated rings. The Bertz CT molecular complexity index is 2050. The number of halogens is 2. The van der Waals surface area contributed by atoms with Crippen LogP contribution in [0.25, 0.3) is 38.6 Å². The molecule has 0 amide bonds. The van der Waals surface area contributed by atoms with Gasteiger partial charge in [0.2, 0.25) is 0 Å². The summed E-state index contributed by atoms with van der Waals surface area (Å²) in [6.07, 6.45) is 3.43. The minimum Gasteiger partial charge on any atom is -0.494 e. The number of hydrogen-bond donors (Lipinski definition) is 1. The summed E-state index contributed by atoms with van der Waals surface area (Å²) in [5.41, 5.74) is 0.957. The zero-order valence-electron chi connectivity index (χ0n) is 31.6. The fourth-order valence-corrected chi connectivity index (χ4v) is 9.44. The highest BCUT2D eigenvalue weighted by Gasteiger charge is 2.52. The van der Waals surface area contributed by atoms with Gasteiger partial charge in [-0.25, -0.2) is 8.78 Å². The van der Waals surface area contributed by atoms with Crippen molar-refractivity contribution < 1.29 is 27.7 Å². The molecule has 0 unspecified atom stereocenters. The van der Waals surface area contributed by atoms with Gasteiger partial charge in [0.05, 0.1) is 12.1 Å². The van der Waals surface area contributed by atoms with E-state index in [1.165, 1.54) is 0 Å². The van der Waals surface area contributed by atoms with Crippen molar-refractivity contribution in [1.82, 2.24) is 20.2 Å². The van der Waals surface area contributed by atoms with E-state index >= 15 is 4.39 Å². The molecule has 4 saturated heterocycles. The van der Waals surface area contributed by atoms with Crippen LogP contribution in [0.15, 0.2) is 49.0 Å². The van der Waals surface area contributed by atoms with Crippen LogP contribution < -0.4 is 19.7 Å². The van der Waals surface area contributed by atoms with Crippen LogP contribution in [0.3, 0.4) is 0 Å². The van der Waals surface area contributed by atoms with Crippen molar-refractivity contribution in [3.63, 3.8) is 0 Å². The van der Waals surface area contributed by atoms with Gasteiger partial charge in [-0.1, -0.05) is 51.6 Å². The van der Waals surface area contributed by atoms with Crippen LogP contribution in [-0.2, 0) is 9.47 Å². The lowest BCUT2D eigenvalue weighted by atomic mass is 9.72. The topological polar surface area (TPSA) is 81.2 Å². The Labute approximate surface area is 310 Å². The summed E-state index contributed by atoms with van der Waals surface area (Å²) in [6, 6.07) is 13.8. The van der Waals surface area contributed by atoms with E-state index in [4.69, 9.17) is 28.9 Å². The Balaban J connectivity index is 1.34. The smallest absolute Gasteiger partial charge is 0.319 e. The van der Waals surface area contributed by atoms with Gasteiger partial charge in [-0.3, -0.25) is 4.90 Å². The second kappa shape index (κ2) is 13.7. The quantitative estimate of drug-likeness (QED) is 0.123. The first-order chi connectivity index (χ1) is 25.4. The molecule has 9 nitrogen and oxygen atoms in total. The lowest BCUT2D eigenvalue weighted by molar-refractivity contribution is 0.0512. The molecule has 3 aromatic carbocycles. The van der Waals surface area contributed by atoms with Crippen LogP contribution in [0.5, 0.6) is 11.8 Å². The second-order valence-corrected chi connectivity index (χ2v) is 16.4. The number of hydrogen-bond acceptors (Lipinski definition) is 9. The third-order valence-electron chi connectivity index (χ3n) is 12.2. The van der Waals surface area contributed by atoms with Crippen molar-refractivity contribution in [2.24, 2.45) is 5.41 Å². The van der Waals surface area contributed by atoms with Gasteiger partial charge >= 0.3 is 6.01 Å². The Morgan fingerprint density at radius 2 is 1.91 bits per heavy atom. The molecule has 11 heteroatoms. The number of ether oxygens (including phenoxy) is 4. The molecule has 4 aliphatic rings. The fraction of sp³-hybridized carbons (Fsp3) is 0.524. The van der Waals surface area contributed by atoms with Crippen LogP contribution in [0.4, 0.5) is 14.6 Å². The van der Waals surface area contributed by atoms with Crippen LogP contribution in [0.1, 0.15) is 65.4 Å². The highest BCUT2D eigenvalue weighted by atomic mass is 19.1. The number of rotatable bonds is 11. The van der Waals surface area contributed by atoms with Gasteiger partial charge in [0, 0.05) is 61.3 Å². The van der Waals surface area contributed by atoms with Crippen molar-refractivity contribution in [2.75, 3.05) is 58.2 Å². The van der Waals surface area contributed by atoms with E-state index in [0.29, 0.717) is 72.1 Å². The molecule has 0 spiro atoms. The van der Waals surface area contributed by atoms with Crippen molar-refractivity contribution in [3.8, 4) is 22.9 Å². The maximum Gasteiger partial charge on any atom is 0.319 e. The van der Waals surface area contributed by atoms with Gasteiger partial charge in [0.25, 0.3) is 0 Å². The summed E-state index contributed by atoms with van der Waals surface area (Å²) in [4.78, 5) is 14.4. The summed E-state index contributed by atoms with van der Waals surface area (Å²) in [7, 11) is 1.56. The van der Waals surface area contributed by atoms with Gasteiger partial charge in [-0.15, -0.1) is 0 Å². The third-order valence-corrected chi connectivity index (χ3v) is 12.2. The Hall–Kier alpha value is -4.06. The summed E-state index contributed by atoms with van der Waals surface area (Å²) < 4.78 is 56.3. The number of piperazine rings is 1. The monoisotopic (exact) mass is 727 g/mol. The van der Waals surface area contributed by atoms with Gasteiger partial charge < -0.3 is 29.2 Å². The average Bonchev–Trinajstić information content (AvgIpc) is 3.78. The molecule has 4 aliphatic heterocycles. The second-order valence-electron chi connectivity index (χ2n) is 16.4. The van der Waals surface area contributed by atoms with E-state index in [2.05, 4.69) is 42.5 Å². The SMILES string of the molecule is C=C(OCC)c1cc2c(N3C[C@@H]4CC[C@@](C(C)(C)C)(C3)N4)nc(OC[C@@]34CCCN3C[C@H](F)C4)nc2c(F)c1-c1cc(OCOC)cc2ccccc12. The number of fused-ring (bicyclic) bond motifs is 5. The molecular formula is C42H51F2N5O4. The van der Waals surface area contributed by atoms with Crippen LogP contribution >= 0.6 is 0 Å². The fourth-order valence-electron chi connectivity index (χ4n) is 9.44. The van der Waals surface area contributed by atoms with Gasteiger partial charge in [-0.05, 0) is 79.1 Å². The molecule has 5 heterocycles. The predicted molar refractivity (Wildman–Crippen MR) is 205 cm³/mol. The number of anilines is 1. The first kappa shape index (κ1) is 35.9. The maximum absolute atomic E-state index is 17.9. The minimum absolute atomic E-state index is 0.0388. The molecule has 1 N–H and O–H groups in total. The van der Waals surface area contributed by atoms with Crippen molar-refractivity contribution in [1.29, 1.82) is 0 Å². The van der Waals surface area contributed by atoms with Crippen molar-refractivity contribution >= 4 is 33.3 Å². The third kappa shape index (κ3) is 6.28. The van der Waals surface area contributed by atoms with E-state index in [1.54, 1.807) is 7.11 Å². The first-order valence-corrected chi connectivity index (χ1v) is 19.0. The van der Waals surface area contributed by atoms with Crippen molar-refractivity contribution in [2.45, 2.75) is 83.1 Å². The molecule has 53 heavy (non-hydrogen) atoms. The summed E-state index contributed by atoms with van der Waals surface area (Å²) >= 11 is 0. The lowest BCUT2D eigenvalue weighted by Crippen LogP contribution is -2.65. The van der Waals surface area contributed by atoms with E-state index in [9.17, 15) is 4.39 Å². The number of aromatic nitrogens is 2. The van der Waals surface area contributed by atoms with E-state index in [1.807, 2.05) is 49.4 Å². The number of methoxy groups -OCH3 is 1. The summed E-state index contributed by atoms with van der Waals surface area (Å²) in [5, 5.41) is 6.20. The van der Waals surface area contributed by atoms with Crippen LogP contribution in [0.2, 0.25) is 0 Å². The number of nitrogens with one attached hydrogen (secondary N) is 1. The summed E-state index contributed by atoms with van der Waals surface area (Å²) in [5.74, 6) is 0.957. The number of benzene rings is 3. The zero-order valence-corrected chi connectivity index (χ0v) is 31.6. The van der Waals surface area contributed by atoms with E-state index < -0.39 is 17.5 Å². The normalized spacial score (nSPS) is 25.7. The van der Waals surface area contributed by atoms with Crippen molar-refractivity contribution in [3.05, 3.63) is 60.4 Å². The summed E-state index contributed by atoms with van der Waals surface area (Å²) in [6.45, 7) is 16.3. The van der Waals surface area contributed by atoms with Gasteiger partial charge in [0.1, 0.15) is 35.6 Å². The number of alkyl halides is 1. The number of nitrogens with zero attached hydrogens (tertiary/aromatic N) is 4. The van der Waals surface area contributed by atoms with Gasteiger partial charge in [0.15, 0.2) is 12.6 Å². The predicted octanol–water partition coefficient (Wildman–Crippen LogP) is 7.89. The Morgan fingerprint density at radius 3 is 2.70 bits per heavy atom. The Kier molecular flexibility index (Phi) is 9.26. The maximum atomic E-state index is 17.9. The molecule has 2 bridgehead atoms. The molecule has 0 radical (unpaired) electrons. The standard InChI is InChI=1S/C42H51F2N5O4/c1-7-51-26(2)32-19-34-37(36(44)35(32)33-18-30(53-25-50-6)17-27-11-8-9-12-31(27)33)45-39(52-24-41-14-10-16-49(41)21-28(43)20-41)46-38(34)48-22-29-13-15-42(23-48,47-29)40(3,4)5/h8-9,11-12,17-19,28-29,47H,2,7,10,13-16,20-25H2,1,3-6H3/t28-,29+,41+,42+/m1/s1. The molecule has 4 aromatic rings. The van der Waals surface area contributed by atoms with Gasteiger partial charge in [-0.2, -0.15) is 9.97 Å². The average molecular weight is 728 g/mol. The minimum atomic E-state index is -0.896. The molecule has 8 rings (SSSR count). The van der Waals surface area contributed by atoms with E-state index in [-0.39, 0.29) is 41.9 Å². The Morgan fingerprint density at radius 1 is 1.08 bits per heavy atom. The molecule has 0 saturated carbocycles. The molecule has 4 atom stereocenters. The van der Waals surface area contributed by atoms with Crippen LogP contribution in [0, 0.1) is 11.2 Å². The zero-order chi connectivity index (χ0) is 37.1. The highest BCUT2D eigenvalue weighted by Crippen LogP contribution is 2.47. The molecule has 282 valence electrons. The molecular weight excluding hydrogens is 676 g/mol. The van der Waals surface area contributed by atoms with Crippen LogP contribution in [-0.4, -0.2) is 91.5 Å². The molecule has 0 aliphatic carbocycles. The molecule has 1 aromatic heterocycles. The lowest BCUT2D eigenvalue weighted by Gasteiger charge is -2.49. The highest BCUT2D eigenvalue weighted by molar-refractivity contribution is 6.04. The van der Waals surface area contributed by atoms with E-state index in [0.717, 1.165) is 43.0 Å². The first-order valence-electron chi connectivity index (χ1n) is 19.0. The largest absolute Gasteiger partial charge is 0.494 e.